The van der Waals surface area contributed by atoms with Gasteiger partial charge in [0.2, 0.25) is 0 Å². The van der Waals surface area contributed by atoms with Crippen LogP contribution in [0.2, 0.25) is 0 Å². The number of benzene rings is 1. The van der Waals surface area contributed by atoms with E-state index in [2.05, 4.69) is 15.4 Å². The molecule has 0 spiro atoms. The van der Waals surface area contributed by atoms with Gasteiger partial charge in [-0.3, -0.25) is 4.79 Å². The molecule has 1 saturated heterocycles. The molecule has 2 N–H and O–H groups in total. The molecule has 154 valence electrons. The summed E-state index contributed by atoms with van der Waals surface area (Å²) < 4.78 is 1.76. The second kappa shape index (κ2) is 7.23. The van der Waals surface area contributed by atoms with Gasteiger partial charge in [-0.05, 0) is 38.2 Å². The average Bonchev–Trinajstić information content (AvgIpc) is 3.43. The minimum atomic E-state index is -0.419. The van der Waals surface area contributed by atoms with Crippen molar-refractivity contribution in [2.45, 2.75) is 25.6 Å². The molecule has 0 saturated carbocycles. The third kappa shape index (κ3) is 3.14. The minimum absolute atomic E-state index is 0.0347. The molecule has 8 heteroatoms. The number of aromatic nitrogens is 3. The molecular formula is C22H24N6O2. The zero-order valence-electron chi connectivity index (χ0n) is 17.0. The van der Waals surface area contributed by atoms with Crippen molar-refractivity contribution in [3.63, 3.8) is 0 Å². The van der Waals surface area contributed by atoms with Crippen LogP contribution in [-0.2, 0) is 6.54 Å². The van der Waals surface area contributed by atoms with Crippen molar-refractivity contribution >= 4 is 17.4 Å². The maximum Gasteiger partial charge on any atom is 0.279 e. The van der Waals surface area contributed by atoms with E-state index in [0.29, 0.717) is 25.3 Å². The van der Waals surface area contributed by atoms with Gasteiger partial charge in [-0.1, -0.05) is 17.7 Å². The Balaban J connectivity index is 1.32. The Morgan fingerprint density at radius 3 is 2.50 bits per heavy atom. The number of fused-ring (bicyclic) bond motifs is 1. The summed E-state index contributed by atoms with van der Waals surface area (Å²) in [5.74, 6) is 0.682. The number of rotatable bonds is 4. The first-order valence-corrected chi connectivity index (χ1v) is 10.1. The molecular weight excluding hydrogens is 380 g/mol. The van der Waals surface area contributed by atoms with Gasteiger partial charge < -0.3 is 20.2 Å². The van der Waals surface area contributed by atoms with Crippen molar-refractivity contribution in [3.05, 3.63) is 65.6 Å². The van der Waals surface area contributed by atoms with Crippen LogP contribution in [0.1, 0.15) is 21.6 Å². The molecule has 4 heterocycles. The van der Waals surface area contributed by atoms with E-state index in [4.69, 9.17) is 0 Å². The Hall–Kier alpha value is -3.23. The fourth-order valence-corrected chi connectivity index (χ4v) is 4.10. The van der Waals surface area contributed by atoms with Crippen molar-refractivity contribution in [3.8, 4) is 5.69 Å². The van der Waals surface area contributed by atoms with Crippen LogP contribution in [-0.4, -0.2) is 58.1 Å². The molecule has 30 heavy (non-hydrogen) atoms. The van der Waals surface area contributed by atoms with Gasteiger partial charge in [-0.25, -0.2) is 9.67 Å². The summed E-state index contributed by atoms with van der Waals surface area (Å²) in [4.78, 5) is 21.2. The number of β-amino-alcohol motifs (C(OH)–C–C–N with tert-alkyl or cyclic N) is 1. The quantitative estimate of drug-likeness (QED) is 0.686. The van der Waals surface area contributed by atoms with Gasteiger partial charge in [0.1, 0.15) is 5.82 Å². The summed E-state index contributed by atoms with van der Waals surface area (Å²) in [5, 5.41) is 17.7. The summed E-state index contributed by atoms with van der Waals surface area (Å²) in [6.07, 6.45) is 3.22. The number of pyridine rings is 1. The number of amides is 1. The molecule has 1 amide bonds. The van der Waals surface area contributed by atoms with Crippen molar-refractivity contribution in [1.82, 2.24) is 20.1 Å². The summed E-state index contributed by atoms with van der Waals surface area (Å²) in [5.41, 5.74) is 4.26. The highest BCUT2D eigenvalue weighted by molar-refractivity contribution is 6.08. The lowest BCUT2D eigenvalue weighted by molar-refractivity contribution is 0.0991. The van der Waals surface area contributed by atoms with Gasteiger partial charge in [-0.15, -0.1) is 0 Å². The minimum Gasteiger partial charge on any atom is -0.390 e. The molecule has 2 aromatic heterocycles. The fraction of sp³-hybridized carbons (Fsp3) is 0.318. The molecule has 1 aromatic carbocycles. The maximum absolute atomic E-state index is 12.9. The Bertz CT molecular complexity index is 1080. The number of aliphatic hydroxyl groups excluding tert-OH is 1. The third-order valence-corrected chi connectivity index (χ3v) is 5.89. The van der Waals surface area contributed by atoms with Gasteiger partial charge >= 0.3 is 0 Å². The van der Waals surface area contributed by atoms with Gasteiger partial charge in [0, 0.05) is 24.8 Å². The van der Waals surface area contributed by atoms with Crippen LogP contribution in [0, 0.1) is 6.92 Å². The molecule has 0 unspecified atom stereocenters. The van der Waals surface area contributed by atoms with E-state index in [1.807, 2.05) is 61.5 Å². The van der Waals surface area contributed by atoms with Crippen molar-refractivity contribution in [1.29, 1.82) is 0 Å². The number of aliphatic hydroxyl groups is 1. The number of hydrogen-bond donors (Lipinski definition) is 2. The predicted molar refractivity (Wildman–Crippen MR) is 114 cm³/mol. The second-order valence-corrected chi connectivity index (χ2v) is 7.92. The average molecular weight is 404 g/mol. The largest absolute Gasteiger partial charge is 0.390 e. The van der Waals surface area contributed by atoms with Gasteiger partial charge in [0.15, 0.2) is 5.69 Å². The molecule has 5 rings (SSSR count). The number of nitrogens with one attached hydrogen (secondary N) is 1. The van der Waals surface area contributed by atoms with E-state index in [0.717, 1.165) is 22.8 Å². The Morgan fingerprint density at radius 2 is 1.87 bits per heavy atom. The standard InChI is InChI=1S/C22H24N6O2/c1-14-3-5-16(6-4-14)28-11-15-10-27(22(30)21(15)25-28)17-7-8-20(24-9-17)26-12-18(23-2)19(29)13-26/h3-9,11,18-19,23,29H,10,12-13H2,1-2H3/t18-,19-/m1/s1. The number of nitrogens with zero attached hydrogens (tertiary/aromatic N) is 5. The van der Waals surface area contributed by atoms with Crippen LogP contribution in [0.15, 0.2) is 48.8 Å². The molecule has 0 aliphatic carbocycles. The van der Waals surface area contributed by atoms with E-state index < -0.39 is 6.10 Å². The predicted octanol–water partition coefficient (Wildman–Crippen LogP) is 1.51. The van der Waals surface area contributed by atoms with Crippen LogP contribution in [0.25, 0.3) is 5.69 Å². The van der Waals surface area contributed by atoms with Crippen LogP contribution in [0.4, 0.5) is 11.5 Å². The molecule has 0 radical (unpaired) electrons. The molecule has 1 fully saturated rings. The lowest BCUT2D eigenvalue weighted by atomic mass is 10.2. The van der Waals surface area contributed by atoms with Crippen LogP contribution >= 0.6 is 0 Å². The second-order valence-electron chi connectivity index (χ2n) is 7.92. The molecule has 2 aliphatic rings. The normalized spacial score (nSPS) is 20.8. The topological polar surface area (TPSA) is 86.5 Å². The highest BCUT2D eigenvalue weighted by Crippen LogP contribution is 2.29. The van der Waals surface area contributed by atoms with E-state index in [9.17, 15) is 9.90 Å². The number of likely N-dealkylation sites (N-methyl/N-ethyl adjacent to an activating group) is 1. The van der Waals surface area contributed by atoms with E-state index in [1.54, 1.807) is 15.8 Å². The summed E-state index contributed by atoms with van der Waals surface area (Å²) in [6.45, 7) is 3.76. The monoisotopic (exact) mass is 404 g/mol. The van der Waals surface area contributed by atoms with E-state index in [1.165, 1.54) is 5.56 Å². The first-order valence-electron chi connectivity index (χ1n) is 10.1. The van der Waals surface area contributed by atoms with Crippen LogP contribution < -0.4 is 15.1 Å². The number of aryl methyl sites for hydroxylation is 1. The van der Waals surface area contributed by atoms with Crippen LogP contribution in [0.5, 0.6) is 0 Å². The van der Waals surface area contributed by atoms with Gasteiger partial charge in [0.05, 0.1) is 36.3 Å². The molecule has 8 nitrogen and oxygen atoms in total. The van der Waals surface area contributed by atoms with Crippen molar-refractivity contribution in [2.24, 2.45) is 0 Å². The highest BCUT2D eigenvalue weighted by Gasteiger charge is 2.33. The Kier molecular flexibility index (Phi) is 4.52. The highest BCUT2D eigenvalue weighted by atomic mass is 16.3. The van der Waals surface area contributed by atoms with Gasteiger partial charge in [-0.2, -0.15) is 5.10 Å². The van der Waals surface area contributed by atoms with E-state index in [-0.39, 0.29) is 11.9 Å². The van der Waals surface area contributed by atoms with Crippen molar-refractivity contribution < 1.29 is 9.90 Å². The van der Waals surface area contributed by atoms with Gasteiger partial charge in [0.25, 0.3) is 5.91 Å². The zero-order valence-corrected chi connectivity index (χ0v) is 17.0. The van der Waals surface area contributed by atoms with E-state index >= 15 is 0 Å². The lowest BCUT2D eigenvalue weighted by Crippen LogP contribution is -2.36. The zero-order chi connectivity index (χ0) is 20.8. The maximum atomic E-state index is 12.9. The number of carbonyl (C=O) groups is 1. The number of carbonyl (C=O) groups excluding carboxylic acids is 1. The molecule has 2 aliphatic heterocycles. The summed E-state index contributed by atoms with van der Waals surface area (Å²) in [7, 11) is 1.85. The first kappa shape index (κ1) is 18.8. The van der Waals surface area contributed by atoms with Crippen LogP contribution in [0.3, 0.4) is 0 Å². The summed E-state index contributed by atoms with van der Waals surface area (Å²) >= 11 is 0. The number of hydrogen-bond acceptors (Lipinski definition) is 6. The van der Waals surface area contributed by atoms with Crippen molar-refractivity contribution in [2.75, 3.05) is 29.9 Å². The first-order chi connectivity index (χ1) is 14.5. The molecule has 0 bridgehead atoms. The fourth-order valence-electron chi connectivity index (χ4n) is 4.10. The lowest BCUT2D eigenvalue weighted by Gasteiger charge is -2.19. The number of anilines is 2. The molecule has 3 aromatic rings. The Labute approximate surface area is 174 Å². The smallest absolute Gasteiger partial charge is 0.279 e. The molecule has 2 atom stereocenters. The third-order valence-electron chi connectivity index (χ3n) is 5.89. The Morgan fingerprint density at radius 1 is 1.10 bits per heavy atom. The SMILES string of the molecule is CN[C@@H]1CN(c2ccc(N3Cc4cn(-c5ccc(C)cc5)nc4C3=O)cn2)C[C@H]1O. The summed E-state index contributed by atoms with van der Waals surface area (Å²) in [6, 6.07) is 11.9.